The van der Waals surface area contributed by atoms with Crippen LogP contribution in [0.25, 0.3) is 0 Å². The third-order valence-corrected chi connectivity index (χ3v) is 4.08. The molecular weight excluding hydrogens is 346 g/mol. The minimum atomic E-state index is -3.78. The van der Waals surface area contributed by atoms with E-state index >= 15 is 0 Å². The van der Waals surface area contributed by atoms with Gasteiger partial charge in [-0.15, -0.1) is 0 Å². The summed E-state index contributed by atoms with van der Waals surface area (Å²) >= 11 is 3.16. The van der Waals surface area contributed by atoms with Crippen LogP contribution in [-0.4, -0.2) is 27.5 Å². The number of halogens is 2. The lowest BCUT2D eigenvalue weighted by Crippen LogP contribution is -2.33. The Morgan fingerprint density at radius 3 is 2.56 bits per heavy atom. The molecule has 0 aliphatic carbocycles. The number of rotatable bonds is 4. The molecular formula is C10H11BrClNO4S. The summed E-state index contributed by atoms with van der Waals surface area (Å²) in [5.41, 5.74) is 0. The third-order valence-electron chi connectivity index (χ3n) is 2.10. The smallest absolute Gasteiger partial charge is 0.261 e. The van der Waals surface area contributed by atoms with Crippen molar-refractivity contribution in [3.8, 4) is 5.75 Å². The molecule has 0 saturated carbocycles. The van der Waals surface area contributed by atoms with Crippen LogP contribution < -0.4 is 10.1 Å². The molecule has 18 heavy (non-hydrogen) atoms. The normalized spacial score (nSPS) is 12.9. The molecule has 1 aromatic rings. The molecule has 0 bridgehead atoms. The molecule has 1 atom stereocenters. The zero-order chi connectivity index (χ0) is 13.9. The SMILES string of the molecule is CNC(=O)C(C)Oc1ccc(S(=O)(=O)Cl)cc1Br. The van der Waals surface area contributed by atoms with E-state index < -0.39 is 15.2 Å². The number of carbonyl (C=O) groups excluding carboxylic acids is 1. The maximum atomic E-state index is 11.3. The van der Waals surface area contributed by atoms with Crippen LogP contribution in [0.15, 0.2) is 27.6 Å². The van der Waals surface area contributed by atoms with Crippen molar-refractivity contribution in [2.75, 3.05) is 7.05 Å². The molecule has 5 nitrogen and oxygen atoms in total. The zero-order valence-corrected chi connectivity index (χ0v) is 12.8. The summed E-state index contributed by atoms with van der Waals surface area (Å²) in [7, 11) is 2.92. The second kappa shape index (κ2) is 5.90. The van der Waals surface area contributed by atoms with Crippen molar-refractivity contribution in [1.29, 1.82) is 0 Å². The Hall–Kier alpha value is -0.790. The Balaban J connectivity index is 2.97. The third kappa shape index (κ3) is 3.86. The number of ether oxygens (including phenoxy) is 1. The van der Waals surface area contributed by atoms with Gasteiger partial charge in [-0.05, 0) is 41.1 Å². The Kier molecular flexibility index (Phi) is 5.01. The van der Waals surface area contributed by atoms with Crippen molar-refractivity contribution >= 4 is 41.6 Å². The van der Waals surface area contributed by atoms with Crippen molar-refractivity contribution in [3.63, 3.8) is 0 Å². The second-order valence-electron chi connectivity index (χ2n) is 3.40. The Morgan fingerprint density at radius 1 is 1.50 bits per heavy atom. The first-order valence-electron chi connectivity index (χ1n) is 4.88. The molecule has 0 fully saturated rings. The molecule has 1 unspecified atom stereocenters. The van der Waals surface area contributed by atoms with Gasteiger partial charge in [0.1, 0.15) is 5.75 Å². The summed E-state index contributed by atoms with van der Waals surface area (Å²) in [6, 6.07) is 4.05. The van der Waals surface area contributed by atoms with Gasteiger partial charge in [0.05, 0.1) is 9.37 Å². The minimum Gasteiger partial charge on any atom is -0.480 e. The fourth-order valence-electron chi connectivity index (χ4n) is 1.18. The topological polar surface area (TPSA) is 72.5 Å². The summed E-state index contributed by atoms with van der Waals surface area (Å²) in [5.74, 6) is 0.0751. The van der Waals surface area contributed by atoms with E-state index in [1.54, 1.807) is 6.92 Å². The fraction of sp³-hybridized carbons (Fsp3) is 0.300. The first kappa shape index (κ1) is 15.3. The van der Waals surface area contributed by atoms with Gasteiger partial charge < -0.3 is 10.1 Å². The summed E-state index contributed by atoms with van der Waals surface area (Å²) in [5, 5.41) is 2.44. The van der Waals surface area contributed by atoms with Crippen LogP contribution in [0.3, 0.4) is 0 Å². The van der Waals surface area contributed by atoms with Crippen LogP contribution in [0.1, 0.15) is 6.92 Å². The summed E-state index contributed by atoms with van der Waals surface area (Å²) in [6.45, 7) is 1.58. The molecule has 0 saturated heterocycles. The molecule has 1 amide bonds. The van der Waals surface area contributed by atoms with Crippen molar-refractivity contribution in [2.45, 2.75) is 17.9 Å². The van der Waals surface area contributed by atoms with Crippen LogP contribution in [0.4, 0.5) is 0 Å². The molecule has 0 aliphatic heterocycles. The largest absolute Gasteiger partial charge is 0.480 e. The minimum absolute atomic E-state index is 0.0454. The van der Waals surface area contributed by atoms with E-state index in [9.17, 15) is 13.2 Å². The van der Waals surface area contributed by atoms with E-state index in [0.717, 1.165) is 0 Å². The number of nitrogens with one attached hydrogen (secondary N) is 1. The monoisotopic (exact) mass is 355 g/mol. The lowest BCUT2D eigenvalue weighted by atomic mass is 10.3. The average Bonchev–Trinajstić information content (AvgIpc) is 2.29. The van der Waals surface area contributed by atoms with E-state index in [2.05, 4.69) is 21.2 Å². The van der Waals surface area contributed by atoms with Crippen LogP contribution in [0.5, 0.6) is 5.75 Å². The van der Waals surface area contributed by atoms with Crippen LogP contribution in [0.2, 0.25) is 0 Å². The molecule has 100 valence electrons. The van der Waals surface area contributed by atoms with E-state index in [0.29, 0.717) is 10.2 Å². The van der Waals surface area contributed by atoms with E-state index in [1.165, 1.54) is 25.2 Å². The highest BCUT2D eigenvalue weighted by atomic mass is 79.9. The predicted molar refractivity (Wildman–Crippen MR) is 71.3 cm³/mol. The summed E-state index contributed by atoms with van der Waals surface area (Å²) < 4.78 is 28.0. The first-order chi connectivity index (χ1) is 8.25. The van der Waals surface area contributed by atoms with Gasteiger partial charge in [-0.3, -0.25) is 4.79 Å². The molecule has 0 aliphatic rings. The number of likely N-dealkylation sites (N-methyl/N-ethyl adjacent to an activating group) is 1. The Labute approximate surface area is 118 Å². The van der Waals surface area contributed by atoms with E-state index in [-0.39, 0.29) is 10.8 Å². The van der Waals surface area contributed by atoms with E-state index in [1.807, 2.05) is 0 Å². The number of amides is 1. The number of hydrogen-bond donors (Lipinski definition) is 1. The van der Waals surface area contributed by atoms with Crippen molar-refractivity contribution in [2.24, 2.45) is 0 Å². The van der Waals surface area contributed by atoms with Gasteiger partial charge in [-0.1, -0.05) is 0 Å². The number of benzene rings is 1. The fourth-order valence-corrected chi connectivity index (χ4v) is 2.58. The average molecular weight is 357 g/mol. The highest BCUT2D eigenvalue weighted by Crippen LogP contribution is 2.29. The van der Waals surface area contributed by atoms with Crippen molar-refractivity contribution < 1.29 is 17.9 Å². The number of carbonyl (C=O) groups is 1. The molecule has 1 aromatic carbocycles. The highest BCUT2D eigenvalue weighted by Gasteiger charge is 2.16. The quantitative estimate of drug-likeness (QED) is 0.836. The molecule has 8 heteroatoms. The lowest BCUT2D eigenvalue weighted by Gasteiger charge is -2.14. The first-order valence-corrected chi connectivity index (χ1v) is 7.98. The molecule has 1 rings (SSSR count). The van der Waals surface area contributed by atoms with Gasteiger partial charge >= 0.3 is 0 Å². The maximum Gasteiger partial charge on any atom is 0.261 e. The molecule has 0 spiro atoms. The zero-order valence-electron chi connectivity index (χ0n) is 9.61. The molecule has 0 radical (unpaired) electrons. The predicted octanol–water partition coefficient (Wildman–Crippen LogP) is 1.89. The van der Waals surface area contributed by atoms with E-state index in [4.69, 9.17) is 15.4 Å². The van der Waals surface area contributed by atoms with Gasteiger partial charge in [-0.2, -0.15) is 0 Å². The molecule has 0 heterocycles. The standard InChI is InChI=1S/C10H11BrClNO4S/c1-6(10(14)13-2)17-9-4-3-7(5-8(9)11)18(12,15)16/h3-6H,1-2H3,(H,13,14). The second-order valence-corrected chi connectivity index (χ2v) is 6.82. The van der Waals surface area contributed by atoms with Crippen molar-refractivity contribution in [1.82, 2.24) is 5.32 Å². The highest BCUT2D eigenvalue weighted by molar-refractivity contribution is 9.10. The molecule has 1 N–H and O–H groups in total. The Bertz CT molecular complexity index is 561. The van der Waals surface area contributed by atoms with Crippen LogP contribution >= 0.6 is 26.6 Å². The van der Waals surface area contributed by atoms with Gasteiger partial charge in [0.2, 0.25) is 0 Å². The Morgan fingerprint density at radius 2 is 2.11 bits per heavy atom. The lowest BCUT2D eigenvalue weighted by molar-refractivity contribution is -0.126. The van der Waals surface area contributed by atoms with Gasteiger partial charge in [0.15, 0.2) is 6.10 Å². The van der Waals surface area contributed by atoms with Gasteiger partial charge in [0, 0.05) is 17.7 Å². The maximum absolute atomic E-state index is 11.3. The molecule has 0 aromatic heterocycles. The van der Waals surface area contributed by atoms with Crippen LogP contribution in [0, 0.1) is 0 Å². The van der Waals surface area contributed by atoms with Gasteiger partial charge in [0.25, 0.3) is 15.0 Å². The van der Waals surface area contributed by atoms with Crippen LogP contribution in [-0.2, 0) is 13.8 Å². The summed E-state index contributed by atoms with van der Waals surface area (Å²) in [4.78, 5) is 11.2. The summed E-state index contributed by atoms with van der Waals surface area (Å²) in [6.07, 6.45) is -0.690. The van der Waals surface area contributed by atoms with Crippen molar-refractivity contribution in [3.05, 3.63) is 22.7 Å². The van der Waals surface area contributed by atoms with Gasteiger partial charge in [-0.25, -0.2) is 8.42 Å². The number of hydrogen-bond acceptors (Lipinski definition) is 4.